The summed E-state index contributed by atoms with van der Waals surface area (Å²) in [5.41, 5.74) is 8.97. The molecule has 1 aromatic carbocycles. The molecule has 1 atom stereocenters. The lowest BCUT2D eigenvalue weighted by molar-refractivity contribution is 0.134. The summed E-state index contributed by atoms with van der Waals surface area (Å²) in [4.78, 5) is 6.58. The van der Waals surface area contributed by atoms with Gasteiger partial charge in [0.05, 0.1) is 12.6 Å². The number of rotatable bonds is 2. The molecule has 122 valence electrons. The first kappa shape index (κ1) is 16.6. The van der Waals surface area contributed by atoms with Gasteiger partial charge < -0.3 is 15.4 Å². The van der Waals surface area contributed by atoms with Gasteiger partial charge >= 0.3 is 0 Å². The lowest BCUT2D eigenvalue weighted by Crippen LogP contribution is -2.31. The summed E-state index contributed by atoms with van der Waals surface area (Å²) in [6.45, 7) is 4.19. The average Bonchev–Trinajstić information content (AvgIpc) is 2.72. The molecule has 6 heteroatoms. The molecule has 2 N–H and O–H groups in total. The van der Waals surface area contributed by atoms with E-state index in [1.807, 2.05) is 25.1 Å². The van der Waals surface area contributed by atoms with Crippen molar-refractivity contribution in [1.29, 1.82) is 0 Å². The highest BCUT2D eigenvalue weighted by Gasteiger charge is 2.26. The Morgan fingerprint density at radius 2 is 2.17 bits per heavy atom. The van der Waals surface area contributed by atoms with Crippen molar-refractivity contribution in [3.8, 4) is 0 Å². The van der Waals surface area contributed by atoms with Crippen molar-refractivity contribution in [2.75, 3.05) is 30.4 Å². The Kier molecular flexibility index (Phi) is 5.09. The number of aromatic nitrogens is 1. The van der Waals surface area contributed by atoms with Crippen molar-refractivity contribution in [3.05, 3.63) is 51.1 Å². The highest BCUT2D eigenvalue weighted by atomic mass is 79.9. The molecule has 0 bridgehead atoms. The zero-order valence-electron chi connectivity index (χ0n) is 12.9. The van der Waals surface area contributed by atoms with Gasteiger partial charge in [-0.2, -0.15) is 0 Å². The van der Waals surface area contributed by atoms with E-state index in [1.165, 1.54) is 0 Å². The van der Waals surface area contributed by atoms with E-state index in [9.17, 15) is 0 Å². The van der Waals surface area contributed by atoms with E-state index < -0.39 is 0 Å². The fourth-order valence-electron chi connectivity index (χ4n) is 2.96. The van der Waals surface area contributed by atoms with E-state index in [4.69, 9.17) is 22.1 Å². The molecule has 1 aliphatic rings. The molecule has 4 nitrogen and oxygen atoms in total. The number of hydrogen-bond donors (Lipinski definition) is 1. The maximum Gasteiger partial charge on any atom is 0.125 e. The molecule has 1 aromatic heterocycles. The normalized spacial score (nSPS) is 18.7. The van der Waals surface area contributed by atoms with Crippen LogP contribution in [0.1, 0.15) is 23.7 Å². The first-order valence-electron chi connectivity index (χ1n) is 7.58. The van der Waals surface area contributed by atoms with E-state index in [1.54, 1.807) is 0 Å². The van der Waals surface area contributed by atoms with Crippen LogP contribution in [0, 0.1) is 6.92 Å². The zero-order valence-corrected chi connectivity index (χ0v) is 15.3. The van der Waals surface area contributed by atoms with E-state index in [0.29, 0.717) is 12.4 Å². The number of pyridine rings is 1. The van der Waals surface area contributed by atoms with Crippen LogP contribution in [0.2, 0.25) is 5.02 Å². The molecule has 23 heavy (non-hydrogen) atoms. The molecule has 0 spiro atoms. The second-order valence-corrected chi connectivity index (χ2v) is 7.02. The van der Waals surface area contributed by atoms with Crippen molar-refractivity contribution in [2.45, 2.75) is 19.4 Å². The Labute approximate surface area is 149 Å². The van der Waals surface area contributed by atoms with Gasteiger partial charge in [-0.15, -0.1) is 0 Å². The molecular weight excluding hydrogens is 378 g/mol. The lowest BCUT2D eigenvalue weighted by atomic mass is 10.0. The topological polar surface area (TPSA) is 51.4 Å². The first-order chi connectivity index (χ1) is 11.0. The maximum atomic E-state index is 6.48. The highest BCUT2D eigenvalue weighted by molar-refractivity contribution is 9.10. The molecule has 0 radical (unpaired) electrons. The maximum absolute atomic E-state index is 6.48. The molecule has 0 unspecified atom stereocenters. The summed E-state index contributed by atoms with van der Waals surface area (Å²) in [6.07, 6.45) is 0.964. The van der Waals surface area contributed by atoms with Gasteiger partial charge in [-0.05, 0) is 37.1 Å². The SMILES string of the molecule is Cc1cc(N2CCCOC[C@H]2c2ccc(Br)cc2Cl)cc(N)n1. The minimum Gasteiger partial charge on any atom is -0.384 e. The first-order valence-corrected chi connectivity index (χ1v) is 8.75. The smallest absolute Gasteiger partial charge is 0.125 e. The Morgan fingerprint density at radius 3 is 2.91 bits per heavy atom. The number of nitrogens with two attached hydrogens (primary N) is 1. The second kappa shape index (κ2) is 7.07. The fourth-order valence-corrected chi connectivity index (χ4v) is 3.76. The third-order valence-electron chi connectivity index (χ3n) is 3.95. The molecule has 1 aliphatic heterocycles. The molecule has 0 amide bonds. The van der Waals surface area contributed by atoms with Crippen molar-refractivity contribution in [3.63, 3.8) is 0 Å². The van der Waals surface area contributed by atoms with E-state index >= 15 is 0 Å². The Balaban J connectivity index is 2.03. The number of hydrogen-bond acceptors (Lipinski definition) is 4. The van der Waals surface area contributed by atoms with Gasteiger partial charge in [0.2, 0.25) is 0 Å². The van der Waals surface area contributed by atoms with Gasteiger partial charge in [-0.3, -0.25) is 0 Å². The van der Waals surface area contributed by atoms with Crippen molar-refractivity contribution in [1.82, 2.24) is 4.98 Å². The van der Waals surface area contributed by atoms with Crippen LogP contribution >= 0.6 is 27.5 Å². The van der Waals surface area contributed by atoms with E-state index in [2.05, 4.69) is 37.9 Å². The summed E-state index contributed by atoms with van der Waals surface area (Å²) in [6, 6.07) is 10.0. The van der Waals surface area contributed by atoms with Crippen LogP contribution in [0.15, 0.2) is 34.8 Å². The zero-order chi connectivity index (χ0) is 16.4. The van der Waals surface area contributed by atoms with Gasteiger partial charge in [0.25, 0.3) is 0 Å². The van der Waals surface area contributed by atoms with E-state index in [0.717, 1.165) is 46.0 Å². The van der Waals surface area contributed by atoms with Crippen LogP contribution in [-0.4, -0.2) is 24.7 Å². The van der Waals surface area contributed by atoms with Crippen LogP contribution in [0.3, 0.4) is 0 Å². The van der Waals surface area contributed by atoms with Crippen LogP contribution in [0.5, 0.6) is 0 Å². The number of benzene rings is 1. The molecule has 2 aromatic rings. The van der Waals surface area contributed by atoms with Crippen LogP contribution in [0.4, 0.5) is 11.5 Å². The molecule has 1 saturated heterocycles. The summed E-state index contributed by atoms with van der Waals surface area (Å²) >= 11 is 9.94. The number of ether oxygens (including phenoxy) is 1. The minimum absolute atomic E-state index is 0.0549. The molecule has 3 rings (SSSR count). The van der Waals surface area contributed by atoms with Crippen molar-refractivity contribution in [2.24, 2.45) is 0 Å². The second-order valence-electron chi connectivity index (χ2n) is 5.70. The largest absolute Gasteiger partial charge is 0.384 e. The Morgan fingerprint density at radius 1 is 1.35 bits per heavy atom. The van der Waals surface area contributed by atoms with Crippen molar-refractivity contribution < 1.29 is 4.74 Å². The number of halogens is 2. The molecular formula is C17H19BrClN3O. The third-order valence-corrected chi connectivity index (χ3v) is 4.77. The molecule has 1 fully saturated rings. The molecule has 0 aliphatic carbocycles. The van der Waals surface area contributed by atoms with E-state index in [-0.39, 0.29) is 6.04 Å². The Hall–Kier alpha value is -1.30. The Bertz CT molecular complexity index is 690. The summed E-state index contributed by atoms with van der Waals surface area (Å²) in [5.74, 6) is 0.533. The van der Waals surface area contributed by atoms with Gasteiger partial charge in [0, 0.05) is 40.1 Å². The molecule has 0 saturated carbocycles. The van der Waals surface area contributed by atoms with Gasteiger partial charge in [-0.25, -0.2) is 4.98 Å². The average molecular weight is 397 g/mol. The third kappa shape index (κ3) is 3.79. The van der Waals surface area contributed by atoms with Gasteiger partial charge in [0.1, 0.15) is 5.82 Å². The quantitative estimate of drug-likeness (QED) is 0.819. The monoisotopic (exact) mass is 395 g/mol. The summed E-state index contributed by atoms with van der Waals surface area (Å²) < 4.78 is 6.77. The fraction of sp³-hybridized carbons (Fsp3) is 0.353. The van der Waals surface area contributed by atoms with Crippen LogP contribution in [-0.2, 0) is 4.74 Å². The van der Waals surface area contributed by atoms with Crippen LogP contribution < -0.4 is 10.6 Å². The predicted molar refractivity (Wildman–Crippen MR) is 98.1 cm³/mol. The van der Waals surface area contributed by atoms with Crippen molar-refractivity contribution >= 4 is 39.0 Å². The number of nitrogen functional groups attached to an aromatic ring is 1. The number of anilines is 2. The van der Waals surface area contributed by atoms with Gasteiger partial charge in [-0.1, -0.05) is 33.6 Å². The predicted octanol–water partition coefficient (Wildman–Crippen LogP) is 4.36. The highest BCUT2D eigenvalue weighted by Crippen LogP contribution is 2.35. The summed E-state index contributed by atoms with van der Waals surface area (Å²) in [7, 11) is 0. The minimum atomic E-state index is 0.0549. The number of nitrogens with zero attached hydrogens (tertiary/aromatic N) is 2. The summed E-state index contributed by atoms with van der Waals surface area (Å²) in [5, 5.41) is 0.735. The molecule has 2 heterocycles. The van der Waals surface area contributed by atoms with Crippen LogP contribution in [0.25, 0.3) is 0 Å². The lowest BCUT2D eigenvalue weighted by Gasteiger charge is -2.32. The van der Waals surface area contributed by atoms with Gasteiger partial charge in [0.15, 0.2) is 0 Å². The number of aryl methyl sites for hydroxylation is 1. The standard InChI is InChI=1S/C17H19BrClN3O/c1-11-7-13(9-17(20)21-11)22-5-2-6-23-10-16(22)14-4-3-12(18)8-15(14)19/h3-4,7-9,16H,2,5-6,10H2,1H3,(H2,20,21)/t16-/m0/s1.